The molecule has 3 heterocycles. The van der Waals surface area contributed by atoms with Gasteiger partial charge in [-0.3, -0.25) is 4.90 Å². The average Bonchev–Trinajstić information content (AvgIpc) is 3.21. The van der Waals surface area contributed by atoms with Crippen molar-refractivity contribution in [3.8, 4) is 0 Å². The summed E-state index contributed by atoms with van der Waals surface area (Å²) in [6, 6.07) is 6.83. The number of nitrogens with zero attached hydrogens (tertiary/aromatic N) is 3. The molecule has 2 aromatic heterocycles. The fourth-order valence-corrected chi connectivity index (χ4v) is 3.07. The summed E-state index contributed by atoms with van der Waals surface area (Å²) in [5.41, 5.74) is 2.53. The van der Waals surface area contributed by atoms with E-state index in [0.29, 0.717) is 12.0 Å². The van der Waals surface area contributed by atoms with Gasteiger partial charge in [0.15, 0.2) is 0 Å². The molecular weight excluding hydrogens is 236 g/mol. The second-order valence-electron chi connectivity index (χ2n) is 5.79. The van der Waals surface area contributed by atoms with Crippen LogP contribution in [0.5, 0.6) is 0 Å². The van der Waals surface area contributed by atoms with Crippen LogP contribution in [0, 0.1) is 0 Å². The molecule has 1 saturated carbocycles. The number of hydrogen-bond donors (Lipinski definition) is 1. The molecule has 1 unspecified atom stereocenters. The lowest BCUT2D eigenvalue weighted by Crippen LogP contribution is -2.44. The number of likely N-dealkylation sites (N-methyl/N-ethyl adjacent to an activating group) is 1. The molecule has 0 aromatic carbocycles. The number of fused-ring (bicyclic) bond motifs is 1. The highest BCUT2D eigenvalue weighted by molar-refractivity contribution is 5.55. The quantitative estimate of drug-likeness (QED) is 0.889. The Morgan fingerprint density at radius 2 is 2.21 bits per heavy atom. The number of nitrogens with one attached hydrogen (secondary N) is 1. The lowest BCUT2D eigenvalue weighted by Gasteiger charge is -2.32. The number of pyridine rings is 1. The summed E-state index contributed by atoms with van der Waals surface area (Å²) in [7, 11) is 2.20. The van der Waals surface area contributed by atoms with Crippen molar-refractivity contribution in [2.45, 2.75) is 24.8 Å². The van der Waals surface area contributed by atoms with Crippen LogP contribution in [-0.4, -0.2) is 41.0 Å². The maximum Gasteiger partial charge on any atom is 0.116 e. The molecule has 1 aliphatic heterocycles. The molecule has 2 fully saturated rings. The average molecular weight is 256 g/mol. The zero-order chi connectivity index (χ0) is 12.8. The first-order chi connectivity index (χ1) is 9.34. The predicted octanol–water partition coefficient (Wildman–Crippen LogP) is 1.79. The first kappa shape index (κ1) is 11.4. The van der Waals surface area contributed by atoms with Crippen LogP contribution >= 0.6 is 0 Å². The summed E-state index contributed by atoms with van der Waals surface area (Å²) in [6.07, 6.45) is 4.76. The molecule has 19 heavy (non-hydrogen) atoms. The summed E-state index contributed by atoms with van der Waals surface area (Å²) >= 11 is 0. The van der Waals surface area contributed by atoms with Gasteiger partial charge in [-0.2, -0.15) is 0 Å². The number of hydrogen-bond acceptors (Lipinski definition) is 3. The number of imidazole rings is 1. The molecule has 1 N–H and O–H groups in total. The molecule has 1 atom stereocenters. The summed E-state index contributed by atoms with van der Waals surface area (Å²) in [4.78, 5) is 7.43. The summed E-state index contributed by atoms with van der Waals surface area (Å²) in [6.45, 7) is 3.17. The van der Waals surface area contributed by atoms with Gasteiger partial charge in [0.2, 0.25) is 0 Å². The van der Waals surface area contributed by atoms with Crippen LogP contribution in [0.4, 0.5) is 0 Å². The van der Waals surface area contributed by atoms with Gasteiger partial charge in [0.1, 0.15) is 5.82 Å². The van der Waals surface area contributed by atoms with E-state index in [-0.39, 0.29) is 0 Å². The molecule has 4 rings (SSSR count). The highest BCUT2D eigenvalue weighted by Gasteiger charge is 2.32. The Hall–Kier alpha value is -1.39. The third-order valence-electron chi connectivity index (χ3n) is 4.37. The largest absolute Gasteiger partial charge is 0.313 e. The molecule has 0 amide bonds. The normalized spacial score (nSPS) is 25.0. The third-order valence-corrected chi connectivity index (χ3v) is 4.37. The topological polar surface area (TPSA) is 32.6 Å². The number of piperazine rings is 1. The first-order valence-corrected chi connectivity index (χ1v) is 7.22. The molecule has 100 valence electrons. The van der Waals surface area contributed by atoms with Gasteiger partial charge in [0, 0.05) is 31.7 Å². The van der Waals surface area contributed by atoms with Gasteiger partial charge < -0.3 is 9.72 Å². The smallest absolute Gasteiger partial charge is 0.116 e. The van der Waals surface area contributed by atoms with E-state index in [0.717, 1.165) is 19.6 Å². The second kappa shape index (κ2) is 4.32. The van der Waals surface area contributed by atoms with Crippen molar-refractivity contribution in [1.82, 2.24) is 19.6 Å². The monoisotopic (exact) mass is 256 g/mol. The number of rotatable bonds is 2. The maximum absolute atomic E-state index is 5.01. The Kier molecular flexibility index (Phi) is 2.60. The van der Waals surface area contributed by atoms with Crippen LogP contribution in [0.3, 0.4) is 0 Å². The van der Waals surface area contributed by atoms with E-state index in [2.05, 4.69) is 46.1 Å². The Labute approximate surface area is 113 Å². The third kappa shape index (κ3) is 1.86. The van der Waals surface area contributed by atoms with E-state index in [1.165, 1.54) is 29.9 Å². The minimum Gasteiger partial charge on any atom is -0.313 e. The minimum absolute atomic E-state index is 0.402. The molecule has 0 radical (unpaired) electrons. The Bertz CT molecular complexity index is 599. The van der Waals surface area contributed by atoms with Crippen molar-refractivity contribution < 1.29 is 0 Å². The maximum atomic E-state index is 5.01. The molecule has 4 nitrogen and oxygen atoms in total. The van der Waals surface area contributed by atoms with Crippen molar-refractivity contribution in [1.29, 1.82) is 0 Å². The highest BCUT2D eigenvalue weighted by atomic mass is 15.2. The summed E-state index contributed by atoms with van der Waals surface area (Å²) < 4.78 is 2.30. The van der Waals surface area contributed by atoms with Gasteiger partial charge in [0.25, 0.3) is 0 Å². The van der Waals surface area contributed by atoms with Crippen molar-refractivity contribution in [3.63, 3.8) is 0 Å². The molecule has 4 heteroatoms. The van der Waals surface area contributed by atoms with E-state index in [1.54, 1.807) is 0 Å². The second-order valence-corrected chi connectivity index (χ2v) is 5.79. The van der Waals surface area contributed by atoms with Gasteiger partial charge >= 0.3 is 0 Å². The molecule has 2 aromatic rings. The lowest BCUT2D eigenvalue weighted by atomic mass is 10.1. The minimum atomic E-state index is 0.402. The molecule has 2 aliphatic rings. The zero-order valence-corrected chi connectivity index (χ0v) is 11.3. The van der Waals surface area contributed by atoms with Crippen molar-refractivity contribution >= 4 is 5.52 Å². The van der Waals surface area contributed by atoms with E-state index < -0.39 is 0 Å². The van der Waals surface area contributed by atoms with E-state index in [9.17, 15) is 0 Å². The lowest BCUT2D eigenvalue weighted by molar-refractivity contribution is 0.200. The molecule has 1 saturated heterocycles. The predicted molar refractivity (Wildman–Crippen MR) is 75.4 cm³/mol. The van der Waals surface area contributed by atoms with Crippen LogP contribution in [-0.2, 0) is 0 Å². The zero-order valence-electron chi connectivity index (χ0n) is 11.3. The fraction of sp³-hybridized carbons (Fsp3) is 0.533. The van der Waals surface area contributed by atoms with E-state index >= 15 is 0 Å². The van der Waals surface area contributed by atoms with Crippen molar-refractivity contribution in [2.24, 2.45) is 0 Å². The van der Waals surface area contributed by atoms with Crippen LogP contribution in [0.2, 0.25) is 0 Å². The van der Waals surface area contributed by atoms with Crippen LogP contribution < -0.4 is 5.32 Å². The Morgan fingerprint density at radius 1 is 1.32 bits per heavy atom. The Balaban J connectivity index is 1.84. The van der Waals surface area contributed by atoms with Gasteiger partial charge in [-0.15, -0.1) is 0 Å². The highest BCUT2D eigenvalue weighted by Crippen LogP contribution is 2.41. The van der Waals surface area contributed by atoms with Crippen LogP contribution in [0.15, 0.2) is 24.4 Å². The van der Waals surface area contributed by atoms with Gasteiger partial charge in [-0.05, 0) is 32.0 Å². The van der Waals surface area contributed by atoms with Gasteiger partial charge in [-0.25, -0.2) is 4.98 Å². The van der Waals surface area contributed by atoms with Crippen molar-refractivity contribution in [3.05, 3.63) is 35.9 Å². The first-order valence-electron chi connectivity index (χ1n) is 7.22. The molecular formula is C15H20N4. The van der Waals surface area contributed by atoms with E-state index in [4.69, 9.17) is 4.98 Å². The molecule has 0 spiro atoms. The molecule has 1 aliphatic carbocycles. The van der Waals surface area contributed by atoms with Gasteiger partial charge in [0.05, 0.1) is 17.3 Å². The standard InChI is InChI=1S/C15H20N4/c1-18-9-7-16-10-13(18)14-12-4-2-3-8-19(12)15(17-14)11-5-6-11/h2-4,8,11,13,16H,5-7,9-10H2,1H3. The Morgan fingerprint density at radius 3 is 3.00 bits per heavy atom. The SMILES string of the molecule is CN1CCNCC1c1nc(C2CC2)n2ccccc12. The van der Waals surface area contributed by atoms with Crippen LogP contribution in [0.1, 0.15) is 36.3 Å². The van der Waals surface area contributed by atoms with Crippen molar-refractivity contribution in [2.75, 3.05) is 26.7 Å². The summed E-state index contributed by atoms with van der Waals surface area (Å²) in [5, 5.41) is 3.49. The van der Waals surface area contributed by atoms with Gasteiger partial charge in [-0.1, -0.05) is 6.07 Å². The molecule has 0 bridgehead atoms. The fourth-order valence-electron chi connectivity index (χ4n) is 3.07. The van der Waals surface area contributed by atoms with Crippen LogP contribution in [0.25, 0.3) is 5.52 Å². The van der Waals surface area contributed by atoms with E-state index in [1.807, 2.05) is 0 Å². The number of aromatic nitrogens is 2. The summed E-state index contributed by atoms with van der Waals surface area (Å²) in [5.74, 6) is 1.95.